The molecule has 1 N–H and O–H groups in total. The summed E-state index contributed by atoms with van der Waals surface area (Å²) in [6.45, 7) is 1.45. The van der Waals surface area contributed by atoms with Crippen molar-refractivity contribution in [1.82, 2.24) is 10.3 Å². The van der Waals surface area contributed by atoms with Gasteiger partial charge in [0.1, 0.15) is 11.6 Å². The maximum atomic E-state index is 13.6. The average molecular weight is 280 g/mol. The number of carbonyl (C=O) groups excluding carboxylic acids is 1. The Hall–Kier alpha value is -2.37. The minimum atomic E-state index is -0.867. The molecule has 0 aliphatic heterocycles. The van der Waals surface area contributed by atoms with Gasteiger partial charge in [0.15, 0.2) is 0 Å². The van der Waals surface area contributed by atoms with Crippen LogP contribution in [0.4, 0.5) is 13.2 Å². The summed E-state index contributed by atoms with van der Waals surface area (Å²) in [5.41, 5.74) is -0.120. The summed E-state index contributed by atoms with van der Waals surface area (Å²) in [7, 11) is 0. The first-order valence-electron chi connectivity index (χ1n) is 5.85. The summed E-state index contributed by atoms with van der Waals surface area (Å²) in [6, 6.07) is 4.87. The van der Waals surface area contributed by atoms with Gasteiger partial charge in [0, 0.05) is 11.8 Å². The van der Waals surface area contributed by atoms with Crippen LogP contribution in [0.3, 0.4) is 0 Å². The highest BCUT2D eigenvalue weighted by molar-refractivity contribution is 5.94. The molecule has 6 heteroatoms. The fourth-order valence-electron chi connectivity index (χ4n) is 1.79. The minimum Gasteiger partial charge on any atom is -0.345 e. The van der Waals surface area contributed by atoms with E-state index in [0.29, 0.717) is 0 Å². The van der Waals surface area contributed by atoms with Gasteiger partial charge >= 0.3 is 0 Å². The summed E-state index contributed by atoms with van der Waals surface area (Å²) in [6.07, 6.45) is 1.05. The van der Waals surface area contributed by atoms with Crippen molar-refractivity contribution in [3.8, 4) is 0 Å². The van der Waals surface area contributed by atoms with E-state index in [1.807, 2.05) is 0 Å². The van der Waals surface area contributed by atoms with Crippen LogP contribution in [0.25, 0.3) is 0 Å². The van der Waals surface area contributed by atoms with Crippen LogP contribution < -0.4 is 5.32 Å². The molecule has 1 atom stereocenters. The Labute approximate surface area is 113 Å². The summed E-state index contributed by atoms with van der Waals surface area (Å²) in [4.78, 5) is 15.2. The monoisotopic (exact) mass is 280 g/mol. The second-order valence-electron chi connectivity index (χ2n) is 4.20. The van der Waals surface area contributed by atoms with E-state index in [4.69, 9.17) is 0 Å². The van der Waals surface area contributed by atoms with Crippen LogP contribution in [0.5, 0.6) is 0 Å². The van der Waals surface area contributed by atoms with Crippen LogP contribution in [-0.2, 0) is 0 Å². The third-order valence-electron chi connectivity index (χ3n) is 2.77. The third-order valence-corrected chi connectivity index (χ3v) is 2.77. The Morgan fingerprint density at radius 2 is 1.80 bits per heavy atom. The number of pyridine rings is 1. The number of halogens is 3. The molecule has 0 spiro atoms. The lowest BCUT2D eigenvalue weighted by molar-refractivity contribution is 0.0938. The molecule has 0 saturated heterocycles. The van der Waals surface area contributed by atoms with E-state index in [1.54, 1.807) is 0 Å². The molecular formula is C14H11F3N2O. The highest BCUT2D eigenvalue weighted by Crippen LogP contribution is 2.20. The number of benzene rings is 1. The molecule has 2 rings (SSSR count). The van der Waals surface area contributed by atoms with Gasteiger partial charge in [0.2, 0.25) is 5.95 Å². The first-order chi connectivity index (χ1) is 9.49. The molecule has 0 radical (unpaired) electrons. The van der Waals surface area contributed by atoms with Crippen molar-refractivity contribution in [3.63, 3.8) is 0 Å². The normalized spacial score (nSPS) is 12.0. The molecule has 0 aliphatic carbocycles. The van der Waals surface area contributed by atoms with Gasteiger partial charge < -0.3 is 5.32 Å². The fourth-order valence-corrected chi connectivity index (χ4v) is 1.79. The lowest BCUT2D eigenvalue weighted by atomic mass is 10.1. The van der Waals surface area contributed by atoms with E-state index in [1.165, 1.54) is 19.1 Å². The SMILES string of the molecule is CC(NC(=O)c1ccc(F)nc1)c1c(F)cccc1F. The zero-order chi connectivity index (χ0) is 14.7. The van der Waals surface area contributed by atoms with E-state index in [2.05, 4.69) is 10.3 Å². The molecular weight excluding hydrogens is 269 g/mol. The molecule has 3 nitrogen and oxygen atoms in total. The number of carbonyl (C=O) groups is 1. The summed E-state index contributed by atoms with van der Waals surface area (Å²) in [5.74, 6) is -2.78. The second-order valence-corrected chi connectivity index (χ2v) is 4.20. The van der Waals surface area contributed by atoms with E-state index in [-0.39, 0.29) is 11.1 Å². The fraction of sp³-hybridized carbons (Fsp3) is 0.143. The molecule has 2 aromatic rings. The molecule has 104 valence electrons. The van der Waals surface area contributed by atoms with Crippen LogP contribution >= 0.6 is 0 Å². The first-order valence-corrected chi connectivity index (χ1v) is 5.85. The Bertz CT molecular complexity index is 609. The van der Waals surface area contributed by atoms with Gasteiger partial charge in [-0.2, -0.15) is 4.39 Å². The molecule has 0 fully saturated rings. The number of rotatable bonds is 3. The number of nitrogens with zero attached hydrogens (tertiary/aromatic N) is 1. The first kappa shape index (κ1) is 14.0. The molecule has 1 amide bonds. The predicted octanol–water partition coefficient (Wildman–Crippen LogP) is 2.99. The standard InChI is InChI=1S/C14H11F3N2O/c1-8(13-10(15)3-2-4-11(13)16)19-14(20)9-5-6-12(17)18-7-9/h2-8H,1H3,(H,19,20). The summed E-state index contributed by atoms with van der Waals surface area (Å²) < 4.78 is 39.7. The van der Waals surface area contributed by atoms with Crippen molar-refractivity contribution in [3.05, 3.63) is 65.2 Å². The van der Waals surface area contributed by atoms with Gasteiger partial charge in [0.05, 0.1) is 11.6 Å². The number of nitrogens with one attached hydrogen (secondary N) is 1. The maximum absolute atomic E-state index is 13.6. The van der Waals surface area contributed by atoms with Crippen molar-refractivity contribution in [2.24, 2.45) is 0 Å². The van der Waals surface area contributed by atoms with Crippen molar-refractivity contribution < 1.29 is 18.0 Å². The quantitative estimate of drug-likeness (QED) is 0.878. The van der Waals surface area contributed by atoms with E-state index < -0.39 is 29.5 Å². The van der Waals surface area contributed by atoms with Crippen LogP contribution in [0, 0.1) is 17.6 Å². The van der Waals surface area contributed by atoms with Gasteiger partial charge in [-0.1, -0.05) is 6.07 Å². The van der Waals surface area contributed by atoms with Crippen LogP contribution in [0.1, 0.15) is 28.9 Å². The highest BCUT2D eigenvalue weighted by Gasteiger charge is 2.18. The molecule has 1 heterocycles. The number of aromatic nitrogens is 1. The highest BCUT2D eigenvalue weighted by atomic mass is 19.1. The van der Waals surface area contributed by atoms with Gasteiger partial charge in [-0.3, -0.25) is 4.79 Å². The average Bonchev–Trinajstić information content (AvgIpc) is 2.39. The number of hydrogen-bond donors (Lipinski definition) is 1. The van der Waals surface area contributed by atoms with E-state index >= 15 is 0 Å². The van der Waals surface area contributed by atoms with Gasteiger partial charge in [0.25, 0.3) is 5.91 Å². The molecule has 1 unspecified atom stereocenters. The number of amides is 1. The lowest BCUT2D eigenvalue weighted by Crippen LogP contribution is -2.28. The van der Waals surface area contributed by atoms with Gasteiger partial charge in [-0.15, -0.1) is 0 Å². The van der Waals surface area contributed by atoms with E-state index in [0.717, 1.165) is 24.4 Å². The van der Waals surface area contributed by atoms with Crippen molar-refractivity contribution in [2.75, 3.05) is 0 Å². The van der Waals surface area contributed by atoms with Crippen molar-refractivity contribution in [1.29, 1.82) is 0 Å². The van der Waals surface area contributed by atoms with Crippen LogP contribution in [-0.4, -0.2) is 10.9 Å². The minimum absolute atomic E-state index is 0.106. The largest absolute Gasteiger partial charge is 0.345 e. The van der Waals surface area contributed by atoms with Crippen molar-refractivity contribution in [2.45, 2.75) is 13.0 Å². The lowest BCUT2D eigenvalue weighted by Gasteiger charge is -2.15. The van der Waals surface area contributed by atoms with Crippen molar-refractivity contribution >= 4 is 5.91 Å². The van der Waals surface area contributed by atoms with Crippen LogP contribution in [0.15, 0.2) is 36.5 Å². The Morgan fingerprint density at radius 1 is 1.15 bits per heavy atom. The Kier molecular flexibility index (Phi) is 4.02. The Morgan fingerprint density at radius 3 is 2.35 bits per heavy atom. The zero-order valence-electron chi connectivity index (χ0n) is 10.5. The predicted molar refractivity (Wildman–Crippen MR) is 66.4 cm³/mol. The third kappa shape index (κ3) is 2.96. The zero-order valence-corrected chi connectivity index (χ0v) is 10.5. The summed E-state index contributed by atoms with van der Waals surface area (Å²) >= 11 is 0. The summed E-state index contributed by atoms with van der Waals surface area (Å²) in [5, 5.41) is 2.43. The molecule has 0 saturated carbocycles. The smallest absolute Gasteiger partial charge is 0.253 e. The topological polar surface area (TPSA) is 42.0 Å². The van der Waals surface area contributed by atoms with Gasteiger partial charge in [-0.25, -0.2) is 13.8 Å². The second kappa shape index (κ2) is 5.73. The van der Waals surface area contributed by atoms with Gasteiger partial charge in [-0.05, 0) is 31.2 Å². The molecule has 0 aliphatic rings. The maximum Gasteiger partial charge on any atom is 0.253 e. The van der Waals surface area contributed by atoms with Crippen LogP contribution in [0.2, 0.25) is 0 Å². The Balaban J connectivity index is 2.17. The molecule has 20 heavy (non-hydrogen) atoms. The molecule has 1 aromatic carbocycles. The molecule has 1 aromatic heterocycles. The molecule has 0 bridgehead atoms. The van der Waals surface area contributed by atoms with E-state index in [9.17, 15) is 18.0 Å². The number of hydrogen-bond acceptors (Lipinski definition) is 2.